The molecule has 7 heteroatoms. The molecule has 0 radical (unpaired) electrons. The molecule has 7 nitrogen and oxygen atoms in total. The Hall–Kier alpha value is -2.96. The lowest BCUT2D eigenvalue weighted by atomic mass is 9.90. The molecule has 1 aliphatic rings. The molecule has 0 saturated heterocycles. The first-order valence-corrected chi connectivity index (χ1v) is 6.71. The lowest BCUT2D eigenvalue weighted by molar-refractivity contribution is -0.385. The van der Waals surface area contributed by atoms with E-state index in [1.54, 1.807) is 24.0 Å². The number of hydrogen-bond donors (Lipinski definition) is 1. The Labute approximate surface area is 125 Å². The molecule has 2 aromatic rings. The monoisotopic (exact) mass is 299 g/mol. The molecule has 112 valence electrons. The number of benzene rings is 1. The van der Waals surface area contributed by atoms with E-state index in [0.717, 1.165) is 5.69 Å². The van der Waals surface area contributed by atoms with Crippen LogP contribution in [0.3, 0.4) is 0 Å². The second-order valence-corrected chi connectivity index (χ2v) is 5.13. The van der Waals surface area contributed by atoms with Gasteiger partial charge in [-0.05, 0) is 36.6 Å². The summed E-state index contributed by atoms with van der Waals surface area (Å²) in [6, 6.07) is 4.03. The third-order valence-electron chi connectivity index (χ3n) is 3.77. The van der Waals surface area contributed by atoms with Crippen LogP contribution in [0, 0.1) is 10.1 Å². The number of nitrogens with zero attached hydrogens (tertiary/aromatic N) is 3. The van der Waals surface area contributed by atoms with Gasteiger partial charge in [-0.25, -0.2) is 0 Å². The van der Waals surface area contributed by atoms with E-state index in [9.17, 15) is 20.0 Å². The van der Waals surface area contributed by atoms with Crippen molar-refractivity contribution in [2.45, 2.75) is 12.8 Å². The number of hydrogen-bond acceptors (Lipinski definition) is 5. The first kappa shape index (κ1) is 14.0. The summed E-state index contributed by atoms with van der Waals surface area (Å²) in [5, 5.41) is 24.4. The molecule has 1 aromatic heterocycles. The zero-order chi connectivity index (χ0) is 15.9. The number of allylic oxidation sites excluding steroid dienone is 1. The summed E-state index contributed by atoms with van der Waals surface area (Å²) in [6.07, 6.45) is 4.49. The van der Waals surface area contributed by atoms with Crippen molar-refractivity contribution in [1.82, 2.24) is 9.78 Å². The van der Waals surface area contributed by atoms with E-state index >= 15 is 0 Å². The quantitative estimate of drug-likeness (QED) is 0.521. The van der Waals surface area contributed by atoms with Crippen molar-refractivity contribution in [3.63, 3.8) is 0 Å². The van der Waals surface area contributed by atoms with Crippen molar-refractivity contribution in [2.24, 2.45) is 7.05 Å². The van der Waals surface area contributed by atoms with E-state index in [4.69, 9.17) is 0 Å². The number of nitro groups is 1. The molecule has 0 atom stereocenters. The van der Waals surface area contributed by atoms with Crippen molar-refractivity contribution in [3.05, 3.63) is 56.9 Å². The van der Waals surface area contributed by atoms with Gasteiger partial charge in [-0.1, -0.05) is 0 Å². The lowest BCUT2D eigenvalue weighted by Gasteiger charge is -2.14. The second kappa shape index (κ2) is 5.10. The number of rotatable bonds is 2. The number of Topliss-reactive ketones (excluding diaryl/α,β-unsaturated/α-hetero) is 1. The number of fused-ring (bicyclic) bond motifs is 1. The highest BCUT2D eigenvalue weighted by Crippen LogP contribution is 2.30. The standard InChI is InChI=1S/C15H13N3O4/c1-17-12-5-3-10(15(20)11(12)8-16-17)6-9-2-4-13(18(21)22)14(19)7-9/h2,4,6-8,19H,3,5H2,1H3. The van der Waals surface area contributed by atoms with Crippen LogP contribution in [0.2, 0.25) is 0 Å². The molecule has 1 heterocycles. The smallest absolute Gasteiger partial charge is 0.310 e. The Bertz CT molecular complexity index is 820. The molecule has 0 saturated carbocycles. The van der Waals surface area contributed by atoms with E-state index in [0.29, 0.717) is 29.5 Å². The predicted octanol–water partition coefficient (Wildman–Crippen LogP) is 2.25. The van der Waals surface area contributed by atoms with Crippen molar-refractivity contribution < 1.29 is 14.8 Å². The van der Waals surface area contributed by atoms with Gasteiger partial charge in [-0.3, -0.25) is 19.6 Å². The van der Waals surface area contributed by atoms with Gasteiger partial charge in [0.1, 0.15) is 0 Å². The molecule has 1 N–H and O–H groups in total. The van der Waals surface area contributed by atoms with Gasteiger partial charge in [0.2, 0.25) is 0 Å². The number of phenols is 1. The molecule has 0 spiro atoms. The number of aromatic nitrogens is 2. The fourth-order valence-corrected chi connectivity index (χ4v) is 2.61. The number of nitro benzene ring substituents is 1. The van der Waals surface area contributed by atoms with Crippen molar-refractivity contribution in [1.29, 1.82) is 0 Å². The molecule has 22 heavy (non-hydrogen) atoms. The van der Waals surface area contributed by atoms with Gasteiger partial charge in [0, 0.05) is 24.4 Å². The normalized spacial score (nSPS) is 15.9. The largest absolute Gasteiger partial charge is 0.502 e. The molecule has 3 rings (SSSR count). The number of carbonyl (C=O) groups excluding carboxylic acids is 1. The van der Waals surface area contributed by atoms with Crippen LogP contribution in [0.15, 0.2) is 30.0 Å². The highest BCUT2D eigenvalue weighted by molar-refractivity contribution is 6.12. The lowest BCUT2D eigenvalue weighted by Crippen LogP contribution is -2.14. The third kappa shape index (κ3) is 2.26. The van der Waals surface area contributed by atoms with Gasteiger partial charge in [-0.2, -0.15) is 5.10 Å². The number of phenolic OH excluding ortho intramolecular Hbond substituents is 1. The van der Waals surface area contributed by atoms with Crippen molar-refractivity contribution in [2.75, 3.05) is 0 Å². The number of aryl methyl sites for hydroxylation is 1. The molecule has 0 aliphatic heterocycles. The van der Waals surface area contributed by atoms with E-state index in [1.165, 1.54) is 18.2 Å². The fraction of sp³-hybridized carbons (Fsp3) is 0.200. The fourth-order valence-electron chi connectivity index (χ4n) is 2.61. The first-order valence-electron chi connectivity index (χ1n) is 6.71. The summed E-state index contributed by atoms with van der Waals surface area (Å²) in [4.78, 5) is 22.4. The van der Waals surface area contributed by atoms with Gasteiger partial charge in [-0.15, -0.1) is 0 Å². The van der Waals surface area contributed by atoms with Gasteiger partial charge in [0.15, 0.2) is 11.5 Å². The SMILES string of the molecule is Cn1ncc2c1CCC(=Cc1ccc([N+](=O)[O-])c(O)c1)C2=O. The second-order valence-electron chi connectivity index (χ2n) is 5.13. The molecule has 0 amide bonds. The highest BCUT2D eigenvalue weighted by Gasteiger charge is 2.25. The Kier molecular flexibility index (Phi) is 3.25. The minimum atomic E-state index is -0.653. The minimum Gasteiger partial charge on any atom is -0.502 e. The van der Waals surface area contributed by atoms with Crippen LogP contribution in [0.1, 0.15) is 28.0 Å². The summed E-state index contributed by atoms with van der Waals surface area (Å²) in [5.41, 5.74) is 2.30. The van der Waals surface area contributed by atoms with Gasteiger partial charge in [0.05, 0.1) is 16.7 Å². The van der Waals surface area contributed by atoms with Crippen LogP contribution >= 0.6 is 0 Å². The van der Waals surface area contributed by atoms with E-state index < -0.39 is 10.7 Å². The maximum atomic E-state index is 12.4. The summed E-state index contributed by atoms with van der Waals surface area (Å²) < 4.78 is 1.70. The Morgan fingerprint density at radius 1 is 1.41 bits per heavy atom. The zero-order valence-electron chi connectivity index (χ0n) is 11.8. The minimum absolute atomic E-state index is 0.0906. The van der Waals surface area contributed by atoms with Gasteiger partial charge >= 0.3 is 5.69 Å². The molecule has 0 fully saturated rings. The van der Waals surface area contributed by atoms with E-state index in [-0.39, 0.29) is 11.5 Å². The van der Waals surface area contributed by atoms with Crippen LogP contribution in [-0.4, -0.2) is 25.6 Å². The van der Waals surface area contributed by atoms with Gasteiger partial charge in [0.25, 0.3) is 0 Å². The van der Waals surface area contributed by atoms with E-state index in [1.807, 2.05) is 0 Å². The van der Waals surface area contributed by atoms with Crippen molar-refractivity contribution in [3.8, 4) is 5.75 Å². The summed E-state index contributed by atoms with van der Waals surface area (Å²) in [7, 11) is 1.80. The maximum absolute atomic E-state index is 12.4. The highest BCUT2D eigenvalue weighted by atomic mass is 16.6. The Morgan fingerprint density at radius 2 is 2.18 bits per heavy atom. The Balaban J connectivity index is 1.95. The van der Waals surface area contributed by atoms with Crippen LogP contribution in [0.4, 0.5) is 5.69 Å². The molecular weight excluding hydrogens is 286 g/mol. The van der Waals surface area contributed by atoms with E-state index in [2.05, 4.69) is 5.10 Å². The third-order valence-corrected chi connectivity index (χ3v) is 3.77. The van der Waals surface area contributed by atoms with Crippen LogP contribution < -0.4 is 0 Å². The molecule has 0 bridgehead atoms. The molecule has 0 unspecified atom stereocenters. The summed E-state index contributed by atoms with van der Waals surface area (Å²) in [6.45, 7) is 0. The number of aromatic hydroxyl groups is 1. The van der Waals surface area contributed by atoms with Crippen molar-refractivity contribution >= 4 is 17.5 Å². The predicted molar refractivity (Wildman–Crippen MR) is 78.6 cm³/mol. The molecule has 1 aromatic carbocycles. The number of carbonyl (C=O) groups is 1. The molecular formula is C15H13N3O4. The van der Waals surface area contributed by atoms with Crippen LogP contribution in [0.5, 0.6) is 5.75 Å². The average Bonchev–Trinajstić information content (AvgIpc) is 2.84. The maximum Gasteiger partial charge on any atom is 0.310 e. The molecule has 1 aliphatic carbocycles. The average molecular weight is 299 g/mol. The topological polar surface area (TPSA) is 98.3 Å². The zero-order valence-corrected chi connectivity index (χ0v) is 11.8. The summed E-state index contributed by atoms with van der Waals surface area (Å²) >= 11 is 0. The van der Waals surface area contributed by atoms with Gasteiger partial charge < -0.3 is 5.11 Å². The summed E-state index contributed by atoms with van der Waals surface area (Å²) in [5.74, 6) is -0.503. The first-order chi connectivity index (χ1) is 10.5. The number of ketones is 1. The Morgan fingerprint density at radius 3 is 2.86 bits per heavy atom. The van der Waals surface area contributed by atoms with Crippen LogP contribution in [-0.2, 0) is 13.5 Å². The van der Waals surface area contributed by atoms with Crippen LogP contribution in [0.25, 0.3) is 6.08 Å².